The highest BCUT2D eigenvalue weighted by Crippen LogP contribution is 2.37. The van der Waals surface area contributed by atoms with E-state index < -0.39 is 21.6 Å². The van der Waals surface area contributed by atoms with Crippen LogP contribution in [0, 0.1) is 5.82 Å². The Morgan fingerprint density at radius 3 is 2.62 bits per heavy atom. The fourth-order valence-corrected chi connectivity index (χ4v) is 5.20. The van der Waals surface area contributed by atoms with Gasteiger partial charge in [0.1, 0.15) is 5.82 Å². The number of hydroxylamine groups is 1. The van der Waals surface area contributed by atoms with E-state index in [1.165, 1.54) is 12.1 Å². The summed E-state index contributed by atoms with van der Waals surface area (Å²) in [5, 5.41) is 9.08. The van der Waals surface area contributed by atoms with Gasteiger partial charge in [-0.1, -0.05) is 12.1 Å². The predicted molar refractivity (Wildman–Crippen MR) is 92.4 cm³/mol. The van der Waals surface area contributed by atoms with Crippen LogP contribution < -0.4 is 5.48 Å². The Morgan fingerprint density at radius 1 is 1.19 bits per heavy atom. The average molecular weight is 374 g/mol. The fourth-order valence-electron chi connectivity index (χ4n) is 3.47. The van der Waals surface area contributed by atoms with Crippen LogP contribution in [-0.2, 0) is 22.8 Å². The van der Waals surface area contributed by atoms with Crippen molar-refractivity contribution < 1.29 is 22.8 Å². The number of nitrogens with zero attached hydrogens (tertiary/aromatic N) is 1. The van der Waals surface area contributed by atoms with E-state index in [2.05, 4.69) is 0 Å². The largest absolute Gasteiger partial charge is 0.339 e. The van der Waals surface area contributed by atoms with Crippen LogP contribution in [0.15, 0.2) is 47.4 Å². The molecule has 0 unspecified atom stereocenters. The molecule has 0 atom stereocenters. The second kappa shape index (κ2) is 5.93. The van der Waals surface area contributed by atoms with E-state index in [1.54, 1.807) is 35.8 Å². The summed E-state index contributed by atoms with van der Waals surface area (Å²) >= 11 is 0. The highest BCUT2D eigenvalue weighted by atomic mass is 32.2. The Balaban J connectivity index is 1.82. The molecule has 3 aromatic rings. The third-order valence-electron chi connectivity index (χ3n) is 4.66. The minimum absolute atomic E-state index is 0.0275. The van der Waals surface area contributed by atoms with Gasteiger partial charge in [0.2, 0.25) is 0 Å². The molecule has 26 heavy (non-hydrogen) atoms. The number of carbonyl (C=O) groups excluding carboxylic acids is 1. The summed E-state index contributed by atoms with van der Waals surface area (Å²) in [5.74, 6) is -1.05. The van der Waals surface area contributed by atoms with Gasteiger partial charge in [-0.05, 0) is 35.9 Å². The molecule has 0 saturated heterocycles. The van der Waals surface area contributed by atoms with Crippen LogP contribution in [0.2, 0.25) is 0 Å². The Labute approximate surface area is 148 Å². The number of fused-ring (bicyclic) bond motifs is 3. The zero-order chi connectivity index (χ0) is 18.5. The molecule has 0 radical (unpaired) electrons. The molecule has 1 aliphatic heterocycles. The summed E-state index contributed by atoms with van der Waals surface area (Å²) in [7, 11) is -3.41. The van der Waals surface area contributed by atoms with Gasteiger partial charge in [0, 0.05) is 29.6 Å². The molecule has 1 aliphatic rings. The molecule has 8 heteroatoms. The van der Waals surface area contributed by atoms with E-state index in [0.29, 0.717) is 35.1 Å². The number of hydrogen-bond acceptors (Lipinski definition) is 4. The van der Waals surface area contributed by atoms with Gasteiger partial charge in [-0.15, -0.1) is 0 Å². The fraction of sp³-hybridized carbons (Fsp3) is 0.167. The Bertz CT molecular complexity index is 1130. The van der Waals surface area contributed by atoms with Crippen molar-refractivity contribution in [3.05, 3.63) is 65.1 Å². The van der Waals surface area contributed by atoms with Gasteiger partial charge < -0.3 is 4.57 Å². The molecule has 4 rings (SSSR count). The van der Waals surface area contributed by atoms with E-state index in [-0.39, 0.29) is 10.6 Å². The maximum atomic E-state index is 13.7. The van der Waals surface area contributed by atoms with Crippen LogP contribution in [0.3, 0.4) is 0 Å². The molecule has 0 aliphatic carbocycles. The Hall–Kier alpha value is -2.71. The third-order valence-corrected chi connectivity index (χ3v) is 6.48. The van der Waals surface area contributed by atoms with Gasteiger partial charge >= 0.3 is 0 Å². The van der Waals surface area contributed by atoms with Crippen molar-refractivity contribution in [2.75, 3.05) is 5.75 Å². The second-order valence-corrected chi connectivity index (χ2v) is 8.28. The molecule has 2 aromatic carbocycles. The molecule has 134 valence electrons. The number of nitrogens with one attached hydrogen (secondary N) is 1. The zero-order valence-electron chi connectivity index (χ0n) is 13.6. The lowest BCUT2D eigenvalue weighted by molar-refractivity contribution is 0.0706. The topological polar surface area (TPSA) is 88.4 Å². The van der Waals surface area contributed by atoms with E-state index in [4.69, 9.17) is 5.21 Å². The third kappa shape index (κ3) is 2.58. The minimum Gasteiger partial charge on any atom is -0.339 e. The number of halogens is 1. The quantitative estimate of drug-likeness (QED) is 0.544. The average Bonchev–Trinajstić information content (AvgIpc) is 3.10. The first-order valence-corrected chi connectivity index (χ1v) is 9.63. The summed E-state index contributed by atoms with van der Waals surface area (Å²) in [5.41, 5.74) is 4.08. The number of aromatic nitrogens is 1. The number of benzene rings is 2. The van der Waals surface area contributed by atoms with Crippen molar-refractivity contribution in [1.82, 2.24) is 10.0 Å². The summed E-state index contributed by atoms with van der Waals surface area (Å²) in [6, 6.07) is 10.8. The van der Waals surface area contributed by atoms with Crippen LogP contribution >= 0.6 is 0 Å². The first-order chi connectivity index (χ1) is 12.4. The van der Waals surface area contributed by atoms with Gasteiger partial charge in [0.15, 0.2) is 9.84 Å². The molecular formula is C18H15FN2O4S. The van der Waals surface area contributed by atoms with Crippen molar-refractivity contribution in [3.63, 3.8) is 0 Å². The lowest BCUT2D eigenvalue weighted by Crippen LogP contribution is -2.18. The van der Waals surface area contributed by atoms with Gasteiger partial charge in [-0.3, -0.25) is 10.0 Å². The maximum absolute atomic E-state index is 13.7. The second-order valence-electron chi connectivity index (χ2n) is 6.23. The summed E-state index contributed by atoms with van der Waals surface area (Å²) < 4.78 is 40.4. The summed E-state index contributed by atoms with van der Waals surface area (Å²) in [4.78, 5) is 11.6. The summed E-state index contributed by atoms with van der Waals surface area (Å²) in [6.45, 7) is 0.397. The predicted octanol–water partition coefficient (Wildman–Crippen LogP) is 2.28. The highest BCUT2D eigenvalue weighted by Gasteiger charge is 2.33. The van der Waals surface area contributed by atoms with Gasteiger partial charge in [0.05, 0.1) is 16.2 Å². The lowest BCUT2D eigenvalue weighted by atomic mass is 10.1. The monoisotopic (exact) mass is 374 g/mol. The van der Waals surface area contributed by atoms with E-state index in [1.807, 2.05) is 4.57 Å². The molecule has 1 aromatic heterocycles. The molecular weight excluding hydrogens is 359 g/mol. The first-order valence-electron chi connectivity index (χ1n) is 7.97. The molecule has 6 nitrogen and oxygen atoms in total. The van der Waals surface area contributed by atoms with Gasteiger partial charge in [0.25, 0.3) is 5.91 Å². The maximum Gasteiger partial charge on any atom is 0.274 e. The van der Waals surface area contributed by atoms with Gasteiger partial charge in [-0.2, -0.15) is 0 Å². The molecule has 0 bridgehead atoms. The normalized spacial score (nSPS) is 15.2. The molecule has 1 amide bonds. The Morgan fingerprint density at radius 2 is 1.92 bits per heavy atom. The van der Waals surface area contributed by atoms with Crippen molar-refractivity contribution in [1.29, 1.82) is 0 Å². The van der Waals surface area contributed by atoms with Crippen LogP contribution in [0.1, 0.15) is 21.6 Å². The molecule has 2 N–H and O–H groups in total. The van der Waals surface area contributed by atoms with Crippen molar-refractivity contribution in [3.8, 4) is 0 Å². The highest BCUT2D eigenvalue weighted by molar-refractivity contribution is 7.92. The minimum atomic E-state index is -3.41. The summed E-state index contributed by atoms with van der Waals surface area (Å²) in [6.07, 6.45) is 0.388. The first kappa shape index (κ1) is 16.7. The molecule has 0 fully saturated rings. The Kier molecular flexibility index (Phi) is 3.82. The molecule has 0 saturated carbocycles. The van der Waals surface area contributed by atoms with Crippen LogP contribution in [0.25, 0.3) is 10.9 Å². The molecule has 2 heterocycles. The smallest absolute Gasteiger partial charge is 0.274 e. The van der Waals surface area contributed by atoms with E-state index >= 15 is 0 Å². The van der Waals surface area contributed by atoms with Crippen LogP contribution in [0.4, 0.5) is 4.39 Å². The SMILES string of the molecule is O=C(NO)c1ccc(Cn2c3c(c4cc(F)ccc42)S(=O)(=O)CC3)cc1. The van der Waals surface area contributed by atoms with Crippen molar-refractivity contribution in [2.45, 2.75) is 17.9 Å². The number of sulfone groups is 1. The molecule has 0 spiro atoms. The van der Waals surface area contributed by atoms with E-state index in [0.717, 1.165) is 5.56 Å². The number of rotatable bonds is 3. The van der Waals surface area contributed by atoms with E-state index in [9.17, 15) is 17.6 Å². The standard InChI is InChI=1S/C18H15FN2O4S/c19-13-5-6-15-14(9-13)17-16(7-8-26(17,24)25)21(15)10-11-1-3-12(4-2-11)18(22)20-23/h1-6,9,23H,7-8,10H2,(H,20,22). The number of carbonyl (C=O) groups is 1. The zero-order valence-corrected chi connectivity index (χ0v) is 14.4. The number of amides is 1. The van der Waals surface area contributed by atoms with Crippen LogP contribution in [0.5, 0.6) is 0 Å². The van der Waals surface area contributed by atoms with Crippen molar-refractivity contribution in [2.24, 2.45) is 0 Å². The van der Waals surface area contributed by atoms with Crippen LogP contribution in [-0.4, -0.2) is 29.9 Å². The number of hydrogen-bond donors (Lipinski definition) is 2. The van der Waals surface area contributed by atoms with Gasteiger partial charge in [-0.25, -0.2) is 18.3 Å². The van der Waals surface area contributed by atoms with Crippen molar-refractivity contribution >= 4 is 26.6 Å². The lowest BCUT2D eigenvalue weighted by Gasteiger charge is -2.10.